The summed E-state index contributed by atoms with van der Waals surface area (Å²) in [6.45, 7) is 3.89. The Labute approximate surface area is 204 Å². The van der Waals surface area contributed by atoms with Crippen LogP contribution in [0.15, 0.2) is 57.9 Å². The first kappa shape index (κ1) is 24.8. The van der Waals surface area contributed by atoms with Gasteiger partial charge in [-0.2, -0.15) is 4.31 Å². The Morgan fingerprint density at radius 1 is 1.14 bits per heavy atom. The van der Waals surface area contributed by atoms with Gasteiger partial charge in [0.15, 0.2) is 10.7 Å². The van der Waals surface area contributed by atoms with Gasteiger partial charge in [-0.1, -0.05) is 41.1 Å². The molecule has 7 nitrogen and oxygen atoms in total. The number of aromatic nitrogens is 1. The molecule has 0 unspecified atom stereocenters. The Morgan fingerprint density at radius 2 is 1.86 bits per heavy atom. The van der Waals surface area contributed by atoms with Crippen molar-refractivity contribution in [3.63, 3.8) is 0 Å². The van der Waals surface area contributed by atoms with Crippen LogP contribution in [0.2, 0.25) is 0 Å². The molecule has 1 aliphatic heterocycles. The molecule has 9 heteroatoms. The van der Waals surface area contributed by atoms with Crippen molar-refractivity contribution < 1.29 is 22.1 Å². The van der Waals surface area contributed by atoms with Crippen molar-refractivity contribution in [2.75, 3.05) is 25.0 Å². The van der Waals surface area contributed by atoms with Crippen LogP contribution < -0.4 is 4.90 Å². The molecule has 1 atom stereocenters. The van der Waals surface area contributed by atoms with Gasteiger partial charge in [0.1, 0.15) is 11.5 Å². The van der Waals surface area contributed by atoms with E-state index in [1.165, 1.54) is 22.5 Å². The zero-order chi connectivity index (χ0) is 25.2. The van der Waals surface area contributed by atoms with Crippen molar-refractivity contribution in [2.45, 2.75) is 31.6 Å². The smallest absolute Gasteiger partial charge is 0.248 e. The van der Waals surface area contributed by atoms with Crippen molar-refractivity contribution in [3.8, 4) is 0 Å². The number of amides is 1. The van der Waals surface area contributed by atoms with Crippen LogP contribution in [-0.2, 0) is 14.8 Å². The number of rotatable bonds is 6. The highest BCUT2D eigenvalue weighted by Crippen LogP contribution is 2.30. The lowest BCUT2D eigenvalue weighted by Gasteiger charge is -2.33. The number of carbonyl (C=O) groups excluding carboxylic acids is 1. The molecule has 184 valence electrons. The Bertz CT molecular complexity index is 1350. The minimum Gasteiger partial charge on any atom is -0.355 e. The van der Waals surface area contributed by atoms with Crippen molar-refractivity contribution in [3.05, 3.63) is 76.9 Å². The average molecular weight is 498 g/mol. The predicted molar refractivity (Wildman–Crippen MR) is 133 cm³/mol. The van der Waals surface area contributed by atoms with Gasteiger partial charge in [-0.15, -0.1) is 0 Å². The summed E-state index contributed by atoms with van der Waals surface area (Å²) in [5.41, 5.74) is 2.36. The second-order valence-corrected chi connectivity index (χ2v) is 10.6. The molecule has 1 amide bonds. The van der Waals surface area contributed by atoms with E-state index in [4.69, 9.17) is 4.52 Å². The first-order chi connectivity index (χ1) is 16.7. The number of hydrogen-bond acceptors (Lipinski definition) is 5. The molecule has 1 saturated heterocycles. The van der Waals surface area contributed by atoms with Gasteiger partial charge in [-0.05, 0) is 57.0 Å². The Balaban J connectivity index is 1.56. The summed E-state index contributed by atoms with van der Waals surface area (Å²) in [7, 11) is -2.29. The molecule has 4 rings (SSSR count). The summed E-state index contributed by atoms with van der Waals surface area (Å²) in [6, 6.07) is 13.8. The molecule has 2 heterocycles. The van der Waals surface area contributed by atoms with Gasteiger partial charge < -0.3 is 9.42 Å². The molecule has 1 aliphatic rings. The highest BCUT2D eigenvalue weighted by atomic mass is 32.2. The number of anilines is 1. The number of hydrogen-bond donors (Lipinski definition) is 0. The highest BCUT2D eigenvalue weighted by molar-refractivity contribution is 7.89. The number of aryl methyl sites for hydroxylation is 2. The molecule has 2 aromatic carbocycles. The number of benzene rings is 2. The summed E-state index contributed by atoms with van der Waals surface area (Å²) in [5, 5.41) is 3.84. The lowest BCUT2D eigenvalue weighted by Crippen LogP contribution is -2.46. The van der Waals surface area contributed by atoms with Gasteiger partial charge in [0.05, 0.1) is 5.92 Å². The number of sulfonamides is 1. The van der Waals surface area contributed by atoms with Gasteiger partial charge in [0.25, 0.3) is 0 Å². The molecule has 0 saturated carbocycles. The summed E-state index contributed by atoms with van der Waals surface area (Å²) in [4.78, 5) is 14.7. The monoisotopic (exact) mass is 497 g/mol. The van der Waals surface area contributed by atoms with Crippen LogP contribution in [0.25, 0.3) is 12.2 Å². The molecule has 3 aromatic rings. The maximum atomic E-state index is 14.0. The predicted octanol–water partition coefficient (Wildman–Crippen LogP) is 4.66. The quantitative estimate of drug-likeness (QED) is 0.494. The fourth-order valence-electron chi connectivity index (χ4n) is 4.24. The van der Waals surface area contributed by atoms with E-state index in [1.807, 2.05) is 31.2 Å². The zero-order valence-corrected chi connectivity index (χ0v) is 20.8. The third kappa shape index (κ3) is 5.21. The van der Waals surface area contributed by atoms with Crippen LogP contribution in [0, 0.1) is 25.6 Å². The third-order valence-corrected chi connectivity index (χ3v) is 8.26. The summed E-state index contributed by atoms with van der Waals surface area (Å²) >= 11 is 0. The topological polar surface area (TPSA) is 83.7 Å². The fourth-order valence-corrected chi connectivity index (χ4v) is 6.01. The summed E-state index contributed by atoms with van der Waals surface area (Å²) < 4.78 is 47.8. The van der Waals surface area contributed by atoms with E-state index in [1.54, 1.807) is 37.1 Å². The van der Waals surface area contributed by atoms with Gasteiger partial charge >= 0.3 is 0 Å². The van der Waals surface area contributed by atoms with E-state index >= 15 is 0 Å². The van der Waals surface area contributed by atoms with Crippen molar-refractivity contribution in [1.29, 1.82) is 0 Å². The van der Waals surface area contributed by atoms with Gasteiger partial charge in [0.2, 0.25) is 15.9 Å². The van der Waals surface area contributed by atoms with Crippen molar-refractivity contribution in [1.82, 2.24) is 9.46 Å². The Hall–Kier alpha value is -3.30. The first-order valence-corrected chi connectivity index (χ1v) is 12.9. The normalized spacial score (nSPS) is 17.1. The number of nitrogens with zero attached hydrogens (tertiary/aromatic N) is 3. The lowest BCUT2D eigenvalue weighted by molar-refractivity contribution is -0.123. The first-order valence-electron chi connectivity index (χ1n) is 11.4. The molecule has 1 aromatic heterocycles. The van der Waals surface area contributed by atoms with Gasteiger partial charge in [-0.3, -0.25) is 4.79 Å². The van der Waals surface area contributed by atoms with E-state index in [2.05, 4.69) is 5.16 Å². The number of carbonyl (C=O) groups is 1. The molecule has 1 fully saturated rings. The van der Waals surface area contributed by atoms with Crippen LogP contribution in [-0.4, -0.2) is 43.9 Å². The van der Waals surface area contributed by atoms with Crippen LogP contribution in [0.5, 0.6) is 0 Å². The van der Waals surface area contributed by atoms with Gasteiger partial charge in [-0.25, -0.2) is 12.8 Å². The van der Waals surface area contributed by atoms with E-state index in [-0.39, 0.29) is 28.8 Å². The van der Waals surface area contributed by atoms with Crippen molar-refractivity contribution in [2.24, 2.45) is 5.92 Å². The third-order valence-electron chi connectivity index (χ3n) is 6.24. The highest BCUT2D eigenvalue weighted by Gasteiger charge is 2.37. The number of piperidine rings is 1. The van der Waals surface area contributed by atoms with E-state index in [9.17, 15) is 17.6 Å². The molecule has 0 radical (unpaired) electrons. The minimum absolute atomic E-state index is 0.0241. The molecule has 0 spiro atoms. The SMILES string of the molecule is Cc1ccc(N(C)C(=O)[C@H]2CCCN(S(=O)(=O)c3c(C)noc3/C=C/c3ccccc3F)C2)cc1. The average Bonchev–Trinajstić information content (AvgIpc) is 3.24. The van der Waals surface area contributed by atoms with Gasteiger partial charge in [0, 0.05) is 31.4 Å². The number of halogens is 1. The maximum Gasteiger partial charge on any atom is 0.248 e. The van der Waals surface area contributed by atoms with Crippen molar-refractivity contribution >= 4 is 33.8 Å². The minimum atomic E-state index is -4.00. The van der Waals surface area contributed by atoms with Crippen LogP contribution in [0.1, 0.15) is 35.4 Å². The summed E-state index contributed by atoms with van der Waals surface area (Å²) in [6.07, 6.45) is 4.02. The molecule has 0 aliphatic carbocycles. The van der Waals surface area contributed by atoms with E-state index < -0.39 is 21.8 Å². The molecule has 0 bridgehead atoms. The molecule has 35 heavy (non-hydrogen) atoms. The second kappa shape index (κ2) is 10.1. The van der Waals surface area contributed by atoms with Crippen LogP contribution in [0.3, 0.4) is 0 Å². The second-order valence-electron chi connectivity index (χ2n) is 8.75. The van der Waals surface area contributed by atoms with Crippen LogP contribution >= 0.6 is 0 Å². The molecular weight excluding hydrogens is 469 g/mol. The largest absolute Gasteiger partial charge is 0.355 e. The van der Waals surface area contributed by atoms with E-state index in [0.717, 1.165) is 11.3 Å². The molecular formula is C26H28FN3O4S. The summed E-state index contributed by atoms with van der Waals surface area (Å²) in [5.74, 6) is -1.01. The van der Waals surface area contributed by atoms with E-state index in [0.29, 0.717) is 24.9 Å². The van der Waals surface area contributed by atoms with Crippen LogP contribution in [0.4, 0.5) is 10.1 Å². The molecule has 0 N–H and O–H groups in total. The fraction of sp³-hybridized carbons (Fsp3) is 0.308. The lowest BCUT2D eigenvalue weighted by atomic mass is 9.98. The Morgan fingerprint density at radius 3 is 2.57 bits per heavy atom. The standard InChI is InChI=1S/C26H28FN3O4S/c1-18-10-13-22(14-11-18)29(3)26(31)21-8-6-16-30(17-21)35(32,33)25-19(2)28-34-24(25)15-12-20-7-4-5-9-23(20)27/h4-5,7,9-15,21H,6,8,16-17H2,1-3H3/b15-12+/t21-/m0/s1. The maximum absolute atomic E-state index is 14.0. The zero-order valence-electron chi connectivity index (χ0n) is 19.9. The Kier molecular flexibility index (Phi) is 7.18.